The molecule has 2 aromatic rings. The zero-order chi connectivity index (χ0) is 18.8. The van der Waals surface area contributed by atoms with Crippen LogP contribution in [-0.4, -0.2) is 23.9 Å². The average molecular weight is 471 g/mol. The van der Waals surface area contributed by atoms with Gasteiger partial charge < -0.3 is 4.74 Å². The smallest absolute Gasteiger partial charge is 0.296 e. The quantitative estimate of drug-likeness (QED) is 0.598. The fraction of sp³-hybridized carbons (Fsp3) is 0.0769. The molecule has 4 N–H and O–H groups in total. The number of halogens is 2. The molecule has 0 aliphatic rings. The molecule has 0 heterocycles. The lowest BCUT2D eigenvalue weighted by Gasteiger charge is -2.14. The Balaban J connectivity index is 2.42. The summed E-state index contributed by atoms with van der Waals surface area (Å²) < 4.78 is 57.3. The molecule has 0 unspecified atom stereocenters. The van der Waals surface area contributed by atoms with E-state index >= 15 is 0 Å². The van der Waals surface area contributed by atoms with Crippen LogP contribution in [0.4, 0.5) is 11.4 Å². The molecule has 2 rings (SSSR count). The molecule has 0 amide bonds. The first-order valence-corrected chi connectivity index (χ1v) is 10.7. The average Bonchev–Trinajstić information content (AvgIpc) is 2.44. The maximum atomic E-state index is 12.6. The molecule has 0 aliphatic carbocycles. The Morgan fingerprint density at radius 1 is 1.08 bits per heavy atom. The third kappa shape index (κ3) is 5.22. The summed E-state index contributed by atoms with van der Waals surface area (Å²) in [6, 6.07) is 8.32. The van der Waals surface area contributed by atoms with E-state index < -0.39 is 20.2 Å². The number of nitrogens with one attached hydrogen (secondary N) is 2. The van der Waals surface area contributed by atoms with Crippen LogP contribution in [0.3, 0.4) is 0 Å². The van der Waals surface area contributed by atoms with Crippen molar-refractivity contribution in [1.29, 1.82) is 0 Å². The van der Waals surface area contributed by atoms with Crippen molar-refractivity contribution in [1.82, 2.24) is 0 Å². The zero-order valence-corrected chi connectivity index (χ0v) is 16.6. The topological polar surface area (TPSA) is 128 Å². The number of nitrogens with two attached hydrogens (primary N) is 1. The van der Waals surface area contributed by atoms with Crippen molar-refractivity contribution < 1.29 is 21.6 Å². The van der Waals surface area contributed by atoms with Gasteiger partial charge in [0.05, 0.1) is 23.0 Å². The fourth-order valence-electron chi connectivity index (χ4n) is 1.96. The molecule has 0 spiro atoms. The van der Waals surface area contributed by atoms with Crippen molar-refractivity contribution in [3.63, 3.8) is 0 Å². The molecule has 8 nitrogen and oxygen atoms in total. The van der Waals surface area contributed by atoms with Crippen molar-refractivity contribution in [2.45, 2.75) is 4.90 Å². The fourth-order valence-corrected chi connectivity index (χ4v) is 4.85. The van der Waals surface area contributed by atoms with Crippen LogP contribution in [0.25, 0.3) is 0 Å². The largest absolute Gasteiger partial charge is 0.494 e. The van der Waals surface area contributed by atoms with Crippen LogP contribution in [0.1, 0.15) is 0 Å². The molecule has 0 aromatic heterocycles. The Morgan fingerprint density at radius 3 is 2.24 bits per heavy atom. The van der Waals surface area contributed by atoms with Crippen molar-refractivity contribution in [3.05, 3.63) is 45.9 Å². The minimum atomic E-state index is -4.06. The highest BCUT2D eigenvalue weighted by Crippen LogP contribution is 2.36. The number of hydrogen-bond acceptors (Lipinski definition) is 5. The van der Waals surface area contributed by atoms with E-state index in [1.807, 2.05) is 4.72 Å². The van der Waals surface area contributed by atoms with Crippen LogP contribution in [0.15, 0.2) is 45.8 Å². The van der Waals surface area contributed by atoms with Gasteiger partial charge in [0.2, 0.25) is 0 Å². The molecule has 0 fully saturated rings. The van der Waals surface area contributed by atoms with Gasteiger partial charge in [-0.15, -0.1) is 0 Å². The Hall–Kier alpha value is -1.53. The summed E-state index contributed by atoms with van der Waals surface area (Å²) in [5.74, 6) is 0.0794. The normalized spacial score (nSPS) is 11.8. The molecule has 0 radical (unpaired) electrons. The highest BCUT2D eigenvalue weighted by Gasteiger charge is 2.23. The maximum absolute atomic E-state index is 12.6. The zero-order valence-electron chi connectivity index (χ0n) is 12.7. The van der Waals surface area contributed by atoms with Crippen molar-refractivity contribution in [3.8, 4) is 5.75 Å². The standard InChI is InChI=1S/C13H13BrClN3O5S2/c1-23-13-11(14)5-8(15)6-12(13)24(19,20)17-9-3-2-4-10(7-9)18-25(16,21)22/h2-7,17-18H,1H3,(H2,16,21,22). The first kappa shape index (κ1) is 19.8. The van der Waals surface area contributed by atoms with Gasteiger partial charge in [-0.25, -0.2) is 13.6 Å². The van der Waals surface area contributed by atoms with Crippen molar-refractivity contribution in [2.75, 3.05) is 16.6 Å². The Bertz CT molecular complexity index is 1010. The number of rotatable bonds is 6. The van der Waals surface area contributed by atoms with Crippen LogP contribution in [0, 0.1) is 0 Å². The van der Waals surface area contributed by atoms with E-state index in [1.54, 1.807) is 0 Å². The summed E-state index contributed by atoms with van der Waals surface area (Å²) in [7, 11) is -6.72. The SMILES string of the molecule is COc1c(Br)cc(Cl)cc1S(=O)(=O)Nc1cccc(NS(N)(=O)=O)c1. The number of hydrogen-bond donors (Lipinski definition) is 3. The van der Waals surface area contributed by atoms with E-state index in [0.29, 0.717) is 4.47 Å². The number of sulfonamides is 1. The molecule has 136 valence electrons. The highest BCUT2D eigenvalue weighted by atomic mass is 79.9. The molecule has 0 bridgehead atoms. The summed E-state index contributed by atoms with van der Waals surface area (Å²) >= 11 is 9.11. The molecular weight excluding hydrogens is 458 g/mol. The van der Waals surface area contributed by atoms with Gasteiger partial charge >= 0.3 is 0 Å². The number of methoxy groups -OCH3 is 1. The van der Waals surface area contributed by atoms with E-state index in [1.165, 1.54) is 43.5 Å². The van der Waals surface area contributed by atoms with E-state index in [0.717, 1.165) is 0 Å². The van der Waals surface area contributed by atoms with Crippen molar-refractivity contribution >= 4 is 59.1 Å². The Labute approximate surface area is 158 Å². The maximum Gasteiger partial charge on any atom is 0.296 e. The third-order valence-corrected chi connectivity index (χ3v) is 5.56. The van der Waals surface area contributed by atoms with Gasteiger partial charge in [0.15, 0.2) is 5.75 Å². The van der Waals surface area contributed by atoms with E-state index in [9.17, 15) is 16.8 Å². The summed E-state index contributed by atoms with van der Waals surface area (Å²) in [5, 5.41) is 5.09. The van der Waals surface area contributed by atoms with Gasteiger partial charge in [-0.1, -0.05) is 17.7 Å². The van der Waals surface area contributed by atoms with E-state index in [-0.39, 0.29) is 27.0 Å². The third-order valence-electron chi connectivity index (χ3n) is 2.84. The summed E-state index contributed by atoms with van der Waals surface area (Å²) in [6.45, 7) is 0. The first-order chi connectivity index (χ1) is 11.5. The van der Waals surface area contributed by atoms with Crippen LogP contribution < -0.4 is 19.3 Å². The summed E-state index contributed by atoms with van der Waals surface area (Å²) in [6.07, 6.45) is 0. The van der Waals surface area contributed by atoms with E-state index in [2.05, 4.69) is 20.7 Å². The van der Waals surface area contributed by atoms with Crippen LogP contribution >= 0.6 is 27.5 Å². The number of ether oxygens (including phenoxy) is 1. The van der Waals surface area contributed by atoms with Gasteiger partial charge in [0.1, 0.15) is 4.90 Å². The Kier molecular flexibility index (Phi) is 5.84. The molecule has 0 saturated heterocycles. The minimum Gasteiger partial charge on any atom is -0.494 e. The lowest BCUT2D eigenvalue weighted by molar-refractivity contribution is 0.400. The van der Waals surface area contributed by atoms with Crippen LogP contribution in [0.2, 0.25) is 5.02 Å². The van der Waals surface area contributed by atoms with Gasteiger partial charge in [-0.05, 0) is 46.3 Å². The monoisotopic (exact) mass is 469 g/mol. The van der Waals surface area contributed by atoms with Gasteiger partial charge in [0.25, 0.3) is 20.2 Å². The molecule has 0 aliphatic heterocycles. The van der Waals surface area contributed by atoms with Crippen molar-refractivity contribution in [2.24, 2.45) is 5.14 Å². The lowest BCUT2D eigenvalue weighted by atomic mass is 10.3. The van der Waals surface area contributed by atoms with E-state index in [4.69, 9.17) is 21.5 Å². The molecule has 25 heavy (non-hydrogen) atoms. The Morgan fingerprint density at radius 2 is 1.68 bits per heavy atom. The summed E-state index contributed by atoms with van der Waals surface area (Å²) in [5.41, 5.74) is 0.216. The molecule has 0 atom stereocenters. The summed E-state index contributed by atoms with van der Waals surface area (Å²) in [4.78, 5) is -0.181. The predicted octanol–water partition coefficient (Wildman–Crippen LogP) is 2.53. The molecular formula is C13H13BrClN3O5S2. The van der Waals surface area contributed by atoms with Crippen LogP contribution in [0.5, 0.6) is 5.75 Å². The number of anilines is 2. The second kappa shape index (κ2) is 7.38. The second-order valence-corrected chi connectivity index (χ2v) is 8.99. The predicted molar refractivity (Wildman–Crippen MR) is 99.7 cm³/mol. The molecule has 0 saturated carbocycles. The molecule has 12 heteroatoms. The highest BCUT2D eigenvalue weighted by molar-refractivity contribution is 9.10. The first-order valence-electron chi connectivity index (χ1n) is 6.48. The van der Waals surface area contributed by atoms with Gasteiger partial charge in [-0.3, -0.25) is 9.44 Å². The number of benzene rings is 2. The van der Waals surface area contributed by atoms with Gasteiger partial charge in [0, 0.05) is 5.02 Å². The van der Waals surface area contributed by atoms with Crippen LogP contribution in [-0.2, 0) is 20.2 Å². The minimum absolute atomic E-state index is 0.0794. The lowest BCUT2D eigenvalue weighted by Crippen LogP contribution is -2.21. The second-order valence-electron chi connectivity index (χ2n) is 4.75. The molecule has 2 aromatic carbocycles. The van der Waals surface area contributed by atoms with Gasteiger partial charge in [-0.2, -0.15) is 8.42 Å².